The molecule has 0 bridgehead atoms. The second kappa shape index (κ2) is 6.65. The lowest BCUT2D eigenvalue weighted by molar-refractivity contribution is 0.102. The summed E-state index contributed by atoms with van der Waals surface area (Å²) < 4.78 is 22.1. The van der Waals surface area contributed by atoms with Crippen molar-refractivity contribution < 1.29 is 8.63 Å². The van der Waals surface area contributed by atoms with E-state index in [1.807, 2.05) is 20.8 Å². The second-order valence-corrected chi connectivity index (χ2v) is 16.9. The summed E-state index contributed by atoms with van der Waals surface area (Å²) in [5.74, 6) is 0. The van der Waals surface area contributed by atoms with Crippen LogP contribution in [0.1, 0.15) is 69.2 Å². The van der Waals surface area contributed by atoms with Crippen LogP contribution in [0.15, 0.2) is 0 Å². The predicted octanol–water partition coefficient (Wildman–Crippen LogP) is 4.86. The molecular formula is C17H39NO2SSi. The molecule has 0 aliphatic heterocycles. The molecule has 1 unspecified atom stereocenters. The van der Waals surface area contributed by atoms with Gasteiger partial charge in [-0.15, -0.1) is 0 Å². The fraction of sp³-hybridized carbons (Fsp3) is 1.00. The summed E-state index contributed by atoms with van der Waals surface area (Å²) in [6.07, 6.45) is 0. The van der Waals surface area contributed by atoms with E-state index in [0.29, 0.717) is 6.61 Å². The molecule has 22 heavy (non-hydrogen) atoms. The molecule has 0 aromatic carbocycles. The molecule has 5 heteroatoms. The summed E-state index contributed by atoms with van der Waals surface area (Å²) in [4.78, 5) is 0. The Kier molecular flexibility index (Phi) is 6.74. The van der Waals surface area contributed by atoms with E-state index in [0.717, 1.165) is 0 Å². The largest absolute Gasteiger partial charge is 0.415 e. The van der Waals surface area contributed by atoms with Gasteiger partial charge in [-0.1, -0.05) is 41.5 Å². The van der Waals surface area contributed by atoms with Crippen LogP contribution in [0.4, 0.5) is 0 Å². The molecule has 0 aromatic rings. The molecule has 0 amide bonds. The van der Waals surface area contributed by atoms with Gasteiger partial charge >= 0.3 is 0 Å². The Hall–Kier alpha value is 0.287. The van der Waals surface area contributed by atoms with Gasteiger partial charge in [0.05, 0.1) is 27.9 Å². The van der Waals surface area contributed by atoms with Crippen molar-refractivity contribution in [2.45, 2.75) is 97.7 Å². The lowest BCUT2D eigenvalue weighted by Gasteiger charge is -2.46. The molecule has 0 aromatic heterocycles. The van der Waals surface area contributed by atoms with Crippen LogP contribution in [0.25, 0.3) is 0 Å². The zero-order chi connectivity index (χ0) is 18.2. The third-order valence-electron chi connectivity index (χ3n) is 5.06. The monoisotopic (exact) mass is 349 g/mol. The summed E-state index contributed by atoms with van der Waals surface area (Å²) in [7, 11) is -2.95. The smallest absolute Gasteiger partial charge is 0.192 e. The molecule has 134 valence electrons. The van der Waals surface area contributed by atoms with E-state index in [2.05, 4.69) is 66.3 Å². The van der Waals surface area contributed by atoms with Gasteiger partial charge in [0.15, 0.2) is 8.32 Å². The standard InChI is InChI=1S/C17H39NO2SSi/c1-14(2,3)17(10,18-21(19)15(4,5)6)13-20-22(11,12)16(7,8)9/h18H,13H2,1-12H3/t17-,21?/m1/s1. The van der Waals surface area contributed by atoms with Crippen molar-refractivity contribution in [3.63, 3.8) is 0 Å². The highest BCUT2D eigenvalue weighted by Crippen LogP contribution is 2.39. The zero-order valence-electron chi connectivity index (χ0n) is 16.9. The van der Waals surface area contributed by atoms with Gasteiger partial charge in [0.1, 0.15) is 0 Å². The highest BCUT2D eigenvalue weighted by molar-refractivity contribution is 7.84. The first kappa shape index (κ1) is 22.3. The van der Waals surface area contributed by atoms with Crippen molar-refractivity contribution in [1.29, 1.82) is 0 Å². The summed E-state index contributed by atoms with van der Waals surface area (Å²) in [6, 6.07) is 0. The van der Waals surface area contributed by atoms with Crippen LogP contribution in [0, 0.1) is 5.41 Å². The molecule has 0 saturated heterocycles. The molecule has 0 radical (unpaired) electrons. The SMILES string of the molecule is CC(C)(C)S(=O)N[C@](C)(CO[Si](C)(C)C(C)(C)C)C(C)(C)C. The van der Waals surface area contributed by atoms with E-state index >= 15 is 0 Å². The van der Waals surface area contributed by atoms with E-state index in [1.165, 1.54) is 0 Å². The van der Waals surface area contributed by atoms with Gasteiger partial charge < -0.3 is 4.43 Å². The topological polar surface area (TPSA) is 38.3 Å². The maximum Gasteiger partial charge on any atom is 0.192 e. The van der Waals surface area contributed by atoms with Crippen LogP contribution >= 0.6 is 0 Å². The van der Waals surface area contributed by atoms with Crippen molar-refractivity contribution in [2.75, 3.05) is 6.61 Å². The Balaban J connectivity index is 5.30. The molecular weight excluding hydrogens is 310 g/mol. The molecule has 0 spiro atoms. The lowest BCUT2D eigenvalue weighted by Crippen LogP contribution is -2.60. The van der Waals surface area contributed by atoms with Gasteiger partial charge in [-0.25, -0.2) is 8.93 Å². The van der Waals surface area contributed by atoms with E-state index in [9.17, 15) is 4.21 Å². The molecule has 0 heterocycles. The summed E-state index contributed by atoms with van der Waals surface area (Å²) in [6.45, 7) is 26.5. The average molecular weight is 350 g/mol. The molecule has 0 aliphatic carbocycles. The molecule has 3 nitrogen and oxygen atoms in total. The molecule has 0 rings (SSSR count). The Morgan fingerprint density at radius 3 is 1.59 bits per heavy atom. The first-order valence-electron chi connectivity index (χ1n) is 8.17. The molecule has 0 fully saturated rings. The maximum absolute atomic E-state index is 12.6. The van der Waals surface area contributed by atoms with E-state index < -0.39 is 19.3 Å². The number of hydrogen-bond donors (Lipinski definition) is 1. The lowest BCUT2D eigenvalue weighted by atomic mass is 9.76. The summed E-state index contributed by atoms with van der Waals surface area (Å²) >= 11 is 0. The Bertz CT molecular complexity index is 402. The van der Waals surface area contributed by atoms with Gasteiger partial charge in [0.25, 0.3) is 0 Å². The maximum atomic E-state index is 12.6. The van der Waals surface area contributed by atoms with E-state index in [-0.39, 0.29) is 20.7 Å². The van der Waals surface area contributed by atoms with Crippen molar-refractivity contribution in [2.24, 2.45) is 5.41 Å². The van der Waals surface area contributed by atoms with Gasteiger partial charge in [-0.3, -0.25) is 0 Å². The zero-order valence-corrected chi connectivity index (χ0v) is 18.7. The molecule has 0 aliphatic rings. The predicted molar refractivity (Wildman–Crippen MR) is 102 cm³/mol. The van der Waals surface area contributed by atoms with Crippen LogP contribution < -0.4 is 4.72 Å². The first-order valence-corrected chi connectivity index (χ1v) is 12.2. The summed E-state index contributed by atoms with van der Waals surface area (Å²) in [5, 5.41) is 0.176. The minimum atomic E-state index is -1.83. The van der Waals surface area contributed by atoms with Crippen molar-refractivity contribution in [3.05, 3.63) is 0 Å². The van der Waals surface area contributed by atoms with Gasteiger partial charge in [0, 0.05) is 0 Å². The first-order chi connectivity index (χ1) is 9.33. The Morgan fingerprint density at radius 1 is 0.909 bits per heavy atom. The van der Waals surface area contributed by atoms with E-state index in [4.69, 9.17) is 4.43 Å². The fourth-order valence-electron chi connectivity index (χ4n) is 1.30. The van der Waals surface area contributed by atoms with Crippen molar-refractivity contribution in [1.82, 2.24) is 4.72 Å². The molecule has 0 saturated carbocycles. The summed E-state index contributed by atoms with van der Waals surface area (Å²) in [5.41, 5.74) is -0.406. The third-order valence-corrected chi connectivity index (χ3v) is 11.3. The Morgan fingerprint density at radius 2 is 1.32 bits per heavy atom. The van der Waals surface area contributed by atoms with Crippen LogP contribution in [0.3, 0.4) is 0 Å². The van der Waals surface area contributed by atoms with Gasteiger partial charge in [-0.05, 0) is 51.2 Å². The highest BCUT2D eigenvalue weighted by Gasteiger charge is 2.44. The highest BCUT2D eigenvalue weighted by atomic mass is 32.2. The average Bonchev–Trinajstić information content (AvgIpc) is 2.22. The van der Waals surface area contributed by atoms with Crippen LogP contribution in [0.5, 0.6) is 0 Å². The minimum absolute atomic E-state index is 0.0593. The van der Waals surface area contributed by atoms with Crippen LogP contribution in [-0.2, 0) is 15.4 Å². The molecule has 2 atom stereocenters. The number of nitrogens with one attached hydrogen (secondary N) is 1. The van der Waals surface area contributed by atoms with Gasteiger partial charge in [-0.2, -0.15) is 0 Å². The third kappa shape index (κ3) is 5.73. The van der Waals surface area contributed by atoms with Gasteiger partial charge in [0.2, 0.25) is 0 Å². The van der Waals surface area contributed by atoms with E-state index in [1.54, 1.807) is 0 Å². The van der Waals surface area contributed by atoms with Crippen molar-refractivity contribution >= 4 is 19.3 Å². The number of hydrogen-bond acceptors (Lipinski definition) is 2. The molecule has 1 N–H and O–H groups in total. The Labute approximate surface area is 142 Å². The fourth-order valence-corrected chi connectivity index (χ4v) is 3.46. The van der Waals surface area contributed by atoms with Crippen LogP contribution in [-0.4, -0.2) is 29.4 Å². The minimum Gasteiger partial charge on any atom is -0.415 e. The quantitative estimate of drug-likeness (QED) is 0.719. The normalized spacial score (nSPS) is 18.9. The number of rotatable bonds is 5. The van der Waals surface area contributed by atoms with Crippen molar-refractivity contribution in [3.8, 4) is 0 Å². The van der Waals surface area contributed by atoms with Crippen LogP contribution in [0.2, 0.25) is 18.1 Å². The second-order valence-electron chi connectivity index (χ2n) is 10.1.